The molecule has 1 aliphatic rings. The van der Waals surface area contributed by atoms with Crippen molar-refractivity contribution in [1.29, 1.82) is 0 Å². The largest absolute Gasteiger partial charge is 0.349 e. The minimum Gasteiger partial charge on any atom is -0.349 e. The minimum absolute atomic E-state index is 0.00953. The number of nitrogens with zero attached hydrogens (tertiary/aromatic N) is 1. The number of halogens is 1. The summed E-state index contributed by atoms with van der Waals surface area (Å²) in [6, 6.07) is 7.66. The van der Waals surface area contributed by atoms with E-state index >= 15 is 0 Å². The lowest BCUT2D eigenvalue weighted by atomic mass is 10.0. The third-order valence-electron chi connectivity index (χ3n) is 4.96. The van der Waals surface area contributed by atoms with Crippen LogP contribution in [0.4, 0.5) is 5.69 Å². The van der Waals surface area contributed by atoms with E-state index in [9.17, 15) is 9.59 Å². The van der Waals surface area contributed by atoms with Crippen LogP contribution >= 0.6 is 27.3 Å². The third-order valence-corrected chi connectivity index (χ3v) is 6.30. The number of thiophene rings is 1. The molecule has 1 fully saturated rings. The van der Waals surface area contributed by atoms with Crippen molar-refractivity contribution < 1.29 is 9.59 Å². The quantitative estimate of drug-likeness (QED) is 0.723. The number of nitrogens with one attached hydrogen (secondary N) is 2. The molecule has 7 heteroatoms. The normalized spacial score (nSPS) is 16.7. The second kappa shape index (κ2) is 8.99. The molecule has 0 radical (unpaired) electrons. The predicted octanol–water partition coefficient (Wildman–Crippen LogP) is 4.04. The standard InChI is InChI=1S/C20H24BrN3O2S/c1-13-3-4-18(17(21)11-13)23-19(25)14(2)24-8-5-16(6-9-24)22-20(26)15-7-10-27-12-15/h3-4,7,10-12,14,16H,5-6,8-9H2,1-2H3,(H,22,26)(H,23,25). The van der Waals surface area contributed by atoms with Crippen molar-refractivity contribution in [2.45, 2.75) is 38.8 Å². The highest BCUT2D eigenvalue weighted by Gasteiger charge is 2.27. The van der Waals surface area contributed by atoms with Crippen LogP contribution in [0.2, 0.25) is 0 Å². The number of likely N-dealkylation sites (tertiary alicyclic amines) is 1. The van der Waals surface area contributed by atoms with Crippen LogP contribution in [0.3, 0.4) is 0 Å². The number of anilines is 1. The van der Waals surface area contributed by atoms with Crippen LogP contribution in [-0.2, 0) is 4.79 Å². The van der Waals surface area contributed by atoms with Gasteiger partial charge in [0.2, 0.25) is 5.91 Å². The van der Waals surface area contributed by atoms with Crippen molar-refractivity contribution in [3.8, 4) is 0 Å². The van der Waals surface area contributed by atoms with E-state index in [0.717, 1.165) is 47.2 Å². The molecule has 144 valence electrons. The molecule has 5 nitrogen and oxygen atoms in total. The maximum Gasteiger partial charge on any atom is 0.252 e. The van der Waals surface area contributed by atoms with Gasteiger partial charge in [-0.2, -0.15) is 11.3 Å². The summed E-state index contributed by atoms with van der Waals surface area (Å²) >= 11 is 5.02. The molecule has 1 aliphatic heterocycles. The van der Waals surface area contributed by atoms with E-state index in [1.807, 2.05) is 48.9 Å². The number of amides is 2. The molecule has 0 aliphatic carbocycles. The van der Waals surface area contributed by atoms with E-state index in [1.165, 1.54) is 11.3 Å². The summed E-state index contributed by atoms with van der Waals surface area (Å²) < 4.78 is 0.887. The van der Waals surface area contributed by atoms with E-state index in [4.69, 9.17) is 0 Å². The first kappa shape index (κ1) is 20.0. The summed E-state index contributed by atoms with van der Waals surface area (Å²) in [5, 5.41) is 9.87. The highest BCUT2D eigenvalue weighted by atomic mass is 79.9. The number of aryl methyl sites for hydroxylation is 1. The highest BCUT2D eigenvalue weighted by Crippen LogP contribution is 2.24. The molecule has 3 rings (SSSR count). The lowest BCUT2D eigenvalue weighted by molar-refractivity contribution is -0.121. The summed E-state index contributed by atoms with van der Waals surface area (Å²) in [5.41, 5.74) is 2.65. The number of piperidine rings is 1. The number of hydrogen-bond donors (Lipinski definition) is 2. The Morgan fingerprint density at radius 3 is 2.63 bits per heavy atom. The van der Waals surface area contributed by atoms with Gasteiger partial charge in [-0.05, 0) is 71.8 Å². The number of rotatable bonds is 5. The molecule has 27 heavy (non-hydrogen) atoms. The molecule has 0 saturated carbocycles. The van der Waals surface area contributed by atoms with Crippen molar-refractivity contribution in [2.75, 3.05) is 18.4 Å². The van der Waals surface area contributed by atoms with Gasteiger partial charge in [0, 0.05) is 34.5 Å². The van der Waals surface area contributed by atoms with E-state index in [0.29, 0.717) is 0 Å². The molecule has 1 unspecified atom stereocenters. The van der Waals surface area contributed by atoms with Gasteiger partial charge in [-0.1, -0.05) is 6.07 Å². The van der Waals surface area contributed by atoms with Gasteiger partial charge in [0.15, 0.2) is 0 Å². The fourth-order valence-corrected chi connectivity index (χ4v) is 4.45. The van der Waals surface area contributed by atoms with Crippen LogP contribution in [0.1, 0.15) is 35.7 Å². The van der Waals surface area contributed by atoms with Gasteiger partial charge in [-0.15, -0.1) is 0 Å². The summed E-state index contributed by atoms with van der Waals surface area (Å²) in [6.45, 7) is 5.53. The zero-order valence-corrected chi connectivity index (χ0v) is 17.9. The highest BCUT2D eigenvalue weighted by molar-refractivity contribution is 9.10. The van der Waals surface area contributed by atoms with Crippen molar-refractivity contribution in [3.05, 3.63) is 50.6 Å². The average Bonchev–Trinajstić information content (AvgIpc) is 3.19. The summed E-state index contributed by atoms with van der Waals surface area (Å²) in [4.78, 5) is 27.0. The van der Waals surface area contributed by atoms with Gasteiger partial charge in [0.1, 0.15) is 0 Å². The number of carbonyl (C=O) groups is 2. The lowest BCUT2D eigenvalue weighted by Gasteiger charge is -2.35. The molecule has 0 bridgehead atoms. The van der Waals surface area contributed by atoms with Gasteiger partial charge >= 0.3 is 0 Å². The molecule has 2 amide bonds. The van der Waals surface area contributed by atoms with Crippen LogP contribution in [0.5, 0.6) is 0 Å². The number of hydrogen-bond acceptors (Lipinski definition) is 4. The van der Waals surface area contributed by atoms with E-state index < -0.39 is 0 Å². The van der Waals surface area contributed by atoms with Crippen molar-refractivity contribution in [1.82, 2.24) is 10.2 Å². The monoisotopic (exact) mass is 449 g/mol. The van der Waals surface area contributed by atoms with Gasteiger partial charge in [0.25, 0.3) is 5.91 Å². The zero-order chi connectivity index (χ0) is 19.4. The Morgan fingerprint density at radius 2 is 2.00 bits per heavy atom. The molecule has 2 N–H and O–H groups in total. The van der Waals surface area contributed by atoms with Gasteiger partial charge < -0.3 is 10.6 Å². The Balaban J connectivity index is 1.49. The summed E-state index contributed by atoms with van der Waals surface area (Å²) in [6.07, 6.45) is 1.70. The molecular formula is C20H24BrN3O2S. The second-order valence-electron chi connectivity index (χ2n) is 6.94. The first-order chi connectivity index (χ1) is 12.9. The van der Waals surface area contributed by atoms with E-state index in [-0.39, 0.29) is 23.9 Å². The Bertz CT molecular complexity index is 802. The van der Waals surface area contributed by atoms with Gasteiger partial charge in [-0.3, -0.25) is 14.5 Å². The van der Waals surface area contributed by atoms with Gasteiger partial charge in [0.05, 0.1) is 11.7 Å². The maximum absolute atomic E-state index is 12.6. The van der Waals surface area contributed by atoms with E-state index in [1.54, 1.807) is 0 Å². The molecule has 2 aromatic rings. The predicted molar refractivity (Wildman–Crippen MR) is 113 cm³/mol. The Morgan fingerprint density at radius 1 is 1.26 bits per heavy atom. The molecule has 1 aromatic carbocycles. The SMILES string of the molecule is Cc1ccc(NC(=O)C(C)N2CCC(NC(=O)c3ccsc3)CC2)c(Br)c1. The first-order valence-corrected chi connectivity index (χ1v) is 10.8. The van der Waals surface area contributed by atoms with E-state index in [2.05, 4.69) is 31.5 Å². The fourth-order valence-electron chi connectivity index (χ4n) is 3.22. The zero-order valence-electron chi connectivity index (χ0n) is 15.5. The first-order valence-electron chi connectivity index (χ1n) is 9.08. The fraction of sp³-hybridized carbons (Fsp3) is 0.400. The summed E-state index contributed by atoms with van der Waals surface area (Å²) in [5.74, 6) is -0.0231. The van der Waals surface area contributed by atoms with Crippen LogP contribution in [0.25, 0.3) is 0 Å². The molecule has 1 atom stereocenters. The van der Waals surface area contributed by atoms with Gasteiger partial charge in [-0.25, -0.2) is 0 Å². The average molecular weight is 450 g/mol. The van der Waals surface area contributed by atoms with Crippen LogP contribution < -0.4 is 10.6 Å². The molecule has 1 saturated heterocycles. The minimum atomic E-state index is -0.216. The number of benzene rings is 1. The second-order valence-corrected chi connectivity index (χ2v) is 8.58. The molecular weight excluding hydrogens is 426 g/mol. The van der Waals surface area contributed by atoms with Crippen molar-refractivity contribution >= 4 is 44.8 Å². The number of carbonyl (C=O) groups excluding carboxylic acids is 2. The molecule has 2 heterocycles. The Hall–Kier alpha value is -1.70. The van der Waals surface area contributed by atoms with Crippen LogP contribution in [-0.4, -0.2) is 41.9 Å². The maximum atomic E-state index is 12.6. The molecule has 0 spiro atoms. The van der Waals surface area contributed by atoms with Crippen molar-refractivity contribution in [2.24, 2.45) is 0 Å². The molecule has 1 aromatic heterocycles. The van der Waals surface area contributed by atoms with Crippen LogP contribution in [0.15, 0.2) is 39.5 Å². The van der Waals surface area contributed by atoms with Crippen molar-refractivity contribution in [3.63, 3.8) is 0 Å². The van der Waals surface area contributed by atoms with Crippen LogP contribution in [0, 0.1) is 6.92 Å². The smallest absolute Gasteiger partial charge is 0.252 e. The third kappa shape index (κ3) is 5.18. The Labute approximate surface area is 172 Å². The lowest BCUT2D eigenvalue weighted by Crippen LogP contribution is -2.50. The topological polar surface area (TPSA) is 61.4 Å². The Kier molecular flexibility index (Phi) is 6.68. The summed E-state index contributed by atoms with van der Waals surface area (Å²) in [7, 11) is 0.